The van der Waals surface area contributed by atoms with Gasteiger partial charge in [0.15, 0.2) is 5.69 Å². The van der Waals surface area contributed by atoms with E-state index in [2.05, 4.69) is 25.6 Å². The summed E-state index contributed by atoms with van der Waals surface area (Å²) in [5.41, 5.74) is 1.14. The first-order valence-corrected chi connectivity index (χ1v) is 7.98. The second kappa shape index (κ2) is 6.90. The van der Waals surface area contributed by atoms with E-state index in [1.807, 2.05) is 0 Å². The van der Waals surface area contributed by atoms with Crippen LogP contribution in [0.3, 0.4) is 0 Å². The van der Waals surface area contributed by atoms with Gasteiger partial charge in [-0.05, 0) is 19.1 Å². The minimum atomic E-state index is -0.473. The fraction of sp³-hybridized carbons (Fsp3) is 0.0667. The summed E-state index contributed by atoms with van der Waals surface area (Å²) in [5.74, 6) is -0.882. The maximum absolute atomic E-state index is 13.2. The third-order valence-electron chi connectivity index (χ3n) is 2.90. The van der Waals surface area contributed by atoms with Gasteiger partial charge >= 0.3 is 0 Å². The van der Waals surface area contributed by atoms with Gasteiger partial charge in [0.05, 0.1) is 23.1 Å². The summed E-state index contributed by atoms with van der Waals surface area (Å²) in [7, 11) is 0. The average molecular weight is 364 g/mol. The Labute approximate surface area is 145 Å². The molecule has 3 aromatic rings. The summed E-state index contributed by atoms with van der Waals surface area (Å²) in [6, 6.07) is 4.43. The molecule has 0 saturated carbocycles. The van der Waals surface area contributed by atoms with Crippen molar-refractivity contribution in [1.82, 2.24) is 15.0 Å². The Morgan fingerprint density at radius 2 is 2.12 bits per heavy atom. The molecule has 0 fully saturated rings. The molecule has 0 radical (unpaired) electrons. The maximum Gasteiger partial charge on any atom is 0.277 e. The van der Waals surface area contributed by atoms with Gasteiger partial charge in [0, 0.05) is 18.0 Å². The van der Waals surface area contributed by atoms with Gasteiger partial charge in [-0.1, -0.05) is 11.6 Å². The highest BCUT2D eigenvalue weighted by atomic mass is 35.5. The Bertz CT molecular complexity index is 901. The second-order valence-electron chi connectivity index (χ2n) is 4.75. The fourth-order valence-electron chi connectivity index (χ4n) is 1.95. The van der Waals surface area contributed by atoms with Crippen LogP contribution in [0.2, 0.25) is 5.15 Å². The molecule has 3 aromatic heterocycles. The fourth-order valence-corrected chi connectivity index (χ4v) is 2.96. The van der Waals surface area contributed by atoms with E-state index in [1.54, 1.807) is 13.0 Å². The Morgan fingerprint density at radius 1 is 1.29 bits per heavy atom. The normalized spacial score (nSPS) is 10.5. The number of nitrogens with one attached hydrogen (secondary N) is 2. The molecule has 0 aliphatic heterocycles. The van der Waals surface area contributed by atoms with Crippen molar-refractivity contribution in [2.75, 3.05) is 10.6 Å². The minimum absolute atomic E-state index is 0.203. The molecule has 0 unspecified atom stereocenters. The lowest BCUT2D eigenvalue weighted by atomic mass is 10.3. The molecule has 0 bridgehead atoms. The number of aromatic nitrogens is 3. The number of thiazole rings is 1. The molecule has 2 N–H and O–H groups in total. The largest absolute Gasteiger partial charge is 0.344 e. The third-order valence-corrected chi connectivity index (χ3v) is 3.99. The number of amides is 1. The van der Waals surface area contributed by atoms with E-state index >= 15 is 0 Å². The average Bonchev–Trinajstić information content (AvgIpc) is 2.88. The van der Waals surface area contributed by atoms with E-state index in [1.165, 1.54) is 35.9 Å². The molecular formula is C15H11ClFN5OS. The molecule has 1 amide bonds. The number of nitrogens with zero attached hydrogens (tertiary/aromatic N) is 3. The molecule has 9 heteroatoms. The number of aryl methyl sites for hydroxylation is 1. The SMILES string of the molecule is Cc1nc(C(=O)Nc2ccnc(Cl)c2)c(Nc2cncc(F)c2)s1. The highest BCUT2D eigenvalue weighted by Crippen LogP contribution is 2.28. The standard InChI is InChI=1S/C15H11ClFN5OS/c1-8-20-13(14(23)21-10-2-3-19-12(16)5-10)15(24-8)22-11-4-9(17)6-18-7-11/h2-7,22H,1H3,(H,19,21,23). The zero-order valence-corrected chi connectivity index (χ0v) is 14.0. The van der Waals surface area contributed by atoms with E-state index in [0.29, 0.717) is 21.4 Å². The molecule has 0 atom stereocenters. The minimum Gasteiger partial charge on any atom is -0.344 e. The first kappa shape index (κ1) is 16.3. The van der Waals surface area contributed by atoms with Crippen LogP contribution in [0.4, 0.5) is 20.8 Å². The quantitative estimate of drug-likeness (QED) is 0.684. The van der Waals surface area contributed by atoms with Crippen molar-refractivity contribution in [1.29, 1.82) is 0 Å². The smallest absolute Gasteiger partial charge is 0.277 e. The van der Waals surface area contributed by atoms with Gasteiger partial charge in [-0.25, -0.2) is 14.4 Å². The van der Waals surface area contributed by atoms with Crippen LogP contribution in [0, 0.1) is 12.7 Å². The predicted molar refractivity (Wildman–Crippen MR) is 91.5 cm³/mol. The molecule has 6 nitrogen and oxygen atoms in total. The van der Waals surface area contributed by atoms with Crippen LogP contribution < -0.4 is 10.6 Å². The van der Waals surface area contributed by atoms with Gasteiger partial charge in [0.2, 0.25) is 0 Å². The topological polar surface area (TPSA) is 79.8 Å². The Kier molecular flexibility index (Phi) is 4.68. The van der Waals surface area contributed by atoms with Gasteiger partial charge in [-0.2, -0.15) is 0 Å². The molecule has 0 spiro atoms. The van der Waals surface area contributed by atoms with Crippen LogP contribution in [0.1, 0.15) is 15.5 Å². The number of hydrogen-bond donors (Lipinski definition) is 2. The highest BCUT2D eigenvalue weighted by Gasteiger charge is 2.18. The molecule has 0 aliphatic carbocycles. The number of halogens is 2. The zero-order chi connectivity index (χ0) is 17.1. The zero-order valence-electron chi connectivity index (χ0n) is 12.4. The molecule has 122 valence electrons. The number of hydrogen-bond acceptors (Lipinski definition) is 6. The molecular weight excluding hydrogens is 353 g/mol. The summed E-state index contributed by atoms with van der Waals surface area (Å²) in [4.78, 5) is 24.3. The van der Waals surface area contributed by atoms with Gasteiger partial charge in [0.25, 0.3) is 5.91 Å². The van der Waals surface area contributed by atoms with Crippen molar-refractivity contribution < 1.29 is 9.18 Å². The monoisotopic (exact) mass is 363 g/mol. The molecule has 3 rings (SSSR count). The van der Waals surface area contributed by atoms with E-state index in [-0.39, 0.29) is 10.8 Å². The van der Waals surface area contributed by atoms with E-state index in [0.717, 1.165) is 6.20 Å². The van der Waals surface area contributed by atoms with Crippen LogP contribution in [0.15, 0.2) is 36.8 Å². The van der Waals surface area contributed by atoms with Crippen LogP contribution >= 0.6 is 22.9 Å². The Hall–Kier alpha value is -2.58. The van der Waals surface area contributed by atoms with Crippen molar-refractivity contribution in [2.45, 2.75) is 6.92 Å². The van der Waals surface area contributed by atoms with E-state index in [9.17, 15) is 9.18 Å². The van der Waals surface area contributed by atoms with E-state index in [4.69, 9.17) is 11.6 Å². The molecule has 0 aliphatic rings. The summed E-state index contributed by atoms with van der Waals surface area (Å²) >= 11 is 7.09. The van der Waals surface area contributed by atoms with Crippen LogP contribution in [0.5, 0.6) is 0 Å². The Morgan fingerprint density at radius 3 is 2.88 bits per heavy atom. The molecule has 24 heavy (non-hydrogen) atoms. The van der Waals surface area contributed by atoms with Gasteiger partial charge < -0.3 is 10.6 Å². The molecule has 3 heterocycles. The molecule has 0 aromatic carbocycles. The first-order valence-electron chi connectivity index (χ1n) is 6.79. The van der Waals surface area contributed by atoms with Crippen molar-refractivity contribution >= 4 is 45.2 Å². The van der Waals surface area contributed by atoms with Crippen LogP contribution in [-0.2, 0) is 0 Å². The number of pyridine rings is 2. The van der Waals surface area contributed by atoms with Gasteiger partial charge in [-0.3, -0.25) is 9.78 Å². The van der Waals surface area contributed by atoms with Crippen molar-refractivity contribution in [3.05, 3.63) is 58.5 Å². The summed E-state index contributed by atoms with van der Waals surface area (Å²) in [6.45, 7) is 1.78. The van der Waals surface area contributed by atoms with Gasteiger partial charge in [0.1, 0.15) is 16.0 Å². The van der Waals surface area contributed by atoms with Crippen LogP contribution in [-0.4, -0.2) is 20.9 Å². The number of carbonyl (C=O) groups is 1. The van der Waals surface area contributed by atoms with Crippen molar-refractivity contribution in [3.8, 4) is 0 Å². The second-order valence-corrected chi connectivity index (χ2v) is 6.34. The highest BCUT2D eigenvalue weighted by molar-refractivity contribution is 7.16. The number of anilines is 3. The summed E-state index contributed by atoms with van der Waals surface area (Å²) in [5, 5.41) is 7.13. The maximum atomic E-state index is 13.2. The lowest BCUT2D eigenvalue weighted by molar-refractivity contribution is 0.102. The first-order chi connectivity index (χ1) is 11.5. The van der Waals surface area contributed by atoms with Crippen molar-refractivity contribution in [2.24, 2.45) is 0 Å². The molecule has 0 saturated heterocycles. The summed E-state index contributed by atoms with van der Waals surface area (Å²) in [6.07, 6.45) is 4.05. The number of carbonyl (C=O) groups excluding carboxylic acids is 1. The number of rotatable bonds is 4. The predicted octanol–water partition coefficient (Wildman–Crippen LogP) is 4.03. The van der Waals surface area contributed by atoms with Crippen molar-refractivity contribution in [3.63, 3.8) is 0 Å². The summed E-state index contributed by atoms with van der Waals surface area (Å²) < 4.78 is 13.2. The lowest BCUT2D eigenvalue weighted by Crippen LogP contribution is -2.14. The third kappa shape index (κ3) is 3.84. The lowest BCUT2D eigenvalue weighted by Gasteiger charge is -2.07. The van der Waals surface area contributed by atoms with Gasteiger partial charge in [-0.15, -0.1) is 11.3 Å². The van der Waals surface area contributed by atoms with Crippen LogP contribution in [0.25, 0.3) is 0 Å². The van der Waals surface area contributed by atoms with E-state index < -0.39 is 11.7 Å². The Balaban J connectivity index is 1.84.